The van der Waals surface area contributed by atoms with E-state index in [0.29, 0.717) is 18.7 Å². The van der Waals surface area contributed by atoms with Crippen LogP contribution in [0, 0.1) is 0 Å². The number of anilines is 1. The van der Waals surface area contributed by atoms with Gasteiger partial charge in [0.2, 0.25) is 5.82 Å². The predicted molar refractivity (Wildman–Crippen MR) is 78.8 cm³/mol. The summed E-state index contributed by atoms with van der Waals surface area (Å²) in [6, 6.07) is 2.80. The smallest absolute Gasteiger partial charge is 0.451 e. The molecule has 2 aromatic rings. The van der Waals surface area contributed by atoms with Crippen LogP contribution >= 0.6 is 11.3 Å². The van der Waals surface area contributed by atoms with Crippen molar-refractivity contribution in [3.05, 3.63) is 28.2 Å². The highest BCUT2D eigenvalue weighted by Crippen LogP contribution is 2.33. The summed E-state index contributed by atoms with van der Waals surface area (Å²) in [6.45, 7) is 1.30. The first-order valence-electron chi connectivity index (χ1n) is 6.88. The Hall–Kier alpha value is -2.16. The molecule has 1 N–H and O–H groups in total. The van der Waals surface area contributed by atoms with Gasteiger partial charge in [-0.1, -0.05) is 0 Å². The van der Waals surface area contributed by atoms with Gasteiger partial charge < -0.3 is 10.0 Å². The van der Waals surface area contributed by atoms with Gasteiger partial charge in [-0.15, -0.1) is 11.3 Å². The summed E-state index contributed by atoms with van der Waals surface area (Å²) in [7, 11) is 0. The zero-order valence-corrected chi connectivity index (χ0v) is 12.6. The fourth-order valence-corrected chi connectivity index (χ4v) is 3.14. The summed E-state index contributed by atoms with van der Waals surface area (Å²) in [5, 5.41) is 10.4. The number of nitrogens with zero attached hydrogens (tertiary/aromatic N) is 3. The molecular formula is C14H12F3N3O2S. The van der Waals surface area contributed by atoms with Gasteiger partial charge in [0.1, 0.15) is 10.7 Å². The van der Waals surface area contributed by atoms with Gasteiger partial charge in [0.25, 0.3) is 0 Å². The summed E-state index contributed by atoms with van der Waals surface area (Å²) in [5.74, 6) is -2.10. The van der Waals surface area contributed by atoms with E-state index in [0.717, 1.165) is 24.2 Å². The number of carboxylic acids is 1. The normalized spacial score (nSPS) is 15.2. The summed E-state index contributed by atoms with van der Waals surface area (Å²) in [5.41, 5.74) is 0.429. The molecule has 0 bridgehead atoms. The van der Waals surface area contributed by atoms with Crippen molar-refractivity contribution in [2.45, 2.75) is 19.0 Å². The minimum atomic E-state index is -4.66. The largest absolute Gasteiger partial charge is 0.477 e. The van der Waals surface area contributed by atoms with E-state index in [1.807, 2.05) is 0 Å². The highest BCUT2D eigenvalue weighted by Gasteiger charge is 2.36. The lowest BCUT2D eigenvalue weighted by Gasteiger charge is -2.18. The monoisotopic (exact) mass is 343 g/mol. The van der Waals surface area contributed by atoms with Gasteiger partial charge in [0, 0.05) is 30.1 Å². The summed E-state index contributed by atoms with van der Waals surface area (Å²) >= 11 is 0.949. The second-order valence-electron chi connectivity index (χ2n) is 5.13. The molecule has 0 atom stereocenters. The number of carboxylic acid groups (broad SMARTS) is 1. The number of halogens is 3. The molecule has 3 rings (SSSR count). The van der Waals surface area contributed by atoms with Crippen LogP contribution in [0.5, 0.6) is 0 Å². The molecule has 0 radical (unpaired) electrons. The lowest BCUT2D eigenvalue weighted by atomic mass is 10.2. The first-order chi connectivity index (χ1) is 10.8. The molecule has 1 aliphatic rings. The number of hydrogen-bond donors (Lipinski definition) is 1. The molecule has 5 nitrogen and oxygen atoms in total. The third-order valence-electron chi connectivity index (χ3n) is 3.50. The van der Waals surface area contributed by atoms with Crippen molar-refractivity contribution < 1.29 is 23.1 Å². The van der Waals surface area contributed by atoms with Crippen LogP contribution < -0.4 is 4.90 Å². The number of carbonyl (C=O) groups is 1. The fraction of sp³-hybridized carbons (Fsp3) is 0.357. The average molecular weight is 343 g/mol. The van der Waals surface area contributed by atoms with Gasteiger partial charge in [-0.05, 0) is 18.9 Å². The van der Waals surface area contributed by atoms with Gasteiger partial charge in [-0.25, -0.2) is 14.8 Å². The molecular weight excluding hydrogens is 331 g/mol. The molecule has 1 aliphatic heterocycles. The van der Waals surface area contributed by atoms with E-state index in [4.69, 9.17) is 5.11 Å². The van der Waals surface area contributed by atoms with E-state index in [2.05, 4.69) is 9.97 Å². The first-order valence-corrected chi connectivity index (χ1v) is 7.76. The van der Waals surface area contributed by atoms with Crippen molar-refractivity contribution in [3.8, 4) is 11.3 Å². The van der Waals surface area contributed by atoms with Gasteiger partial charge >= 0.3 is 12.1 Å². The molecule has 0 aromatic carbocycles. The van der Waals surface area contributed by atoms with E-state index >= 15 is 0 Å². The minimum absolute atomic E-state index is 0.0508. The van der Waals surface area contributed by atoms with Crippen molar-refractivity contribution in [1.82, 2.24) is 9.97 Å². The Bertz CT molecular complexity index is 739. The van der Waals surface area contributed by atoms with E-state index < -0.39 is 18.0 Å². The number of hydrogen-bond acceptors (Lipinski definition) is 5. The molecule has 23 heavy (non-hydrogen) atoms. The van der Waals surface area contributed by atoms with E-state index in [1.54, 1.807) is 4.90 Å². The quantitative estimate of drug-likeness (QED) is 0.924. The molecule has 1 fully saturated rings. The zero-order valence-electron chi connectivity index (χ0n) is 11.8. The average Bonchev–Trinajstić information content (AvgIpc) is 3.17. The van der Waals surface area contributed by atoms with Crippen molar-refractivity contribution in [2.75, 3.05) is 18.0 Å². The third-order valence-corrected chi connectivity index (χ3v) is 4.42. The van der Waals surface area contributed by atoms with Gasteiger partial charge in [-0.3, -0.25) is 0 Å². The van der Waals surface area contributed by atoms with Crippen LogP contribution in [0.15, 0.2) is 17.5 Å². The fourth-order valence-electron chi connectivity index (χ4n) is 2.40. The van der Waals surface area contributed by atoms with Crippen molar-refractivity contribution >= 4 is 23.1 Å². The van der Waals surface area contributed by atoms with Crippen molar-refractivity contribution in [3.63, 3.8) is 0 Å². The standard InChI is InChI=1S/C14H12F3N3O2S/c15-14(16,17)13-18-9(8-5-10(12(21)22)23-7-8)6-11(19-13)20-3-1-2-4-20/h5-7H,1-4H2,(H,21,22). The maximum Gasteiger partial charge on any atom is 0.451 e. The Morgan fingerprint density at radius 1 is 1.22 bits per heavy atom. The predicted octanol–water partition coefficient (Wildman–Crippen LogP) is 3.52. The van der Waals surface area contributed by atoms with E-state index in [9.17, 15) is 18.0 Å². The zero-order chi connectivity index (χ0) is 16.6. The molecule has 3 heterocycles. The Morgan fingerprint density at radius 3 is 2.48 bits per heavy atom. The number of aromatic nitrogens is 2. The molecule has 122 valence electrons. The van der Waals surface area contributed by atoms with Crippen LogP contribution in [0.1, 0.15) is 28.3 Å². The molecule has 0 unspecified atom stereocenters. The maximum absolute atomic E-state index is 13.0. The molecule has 9 heteroatoms. The lowest BCUT2D eigenvalue weighted by molar-refractivity contribution is -0.144. The second-order valence-corrected chi connectivity index (χ2v) is 6.04. The van der Waals surface area contributed by atoms with E-state index in [1.165, 1.54) is 17.5 Å². The molecule has 0 amide bonds. The third kappa shape index (κ3) is 3.29. The summed E-state index contributed by atoms with van der Waals surface area (Å²) in [6.07, 6.45) is -2.85. The molecule has 0 spiro atoms. The summed E-state index contributed by atoms with van der Waals surface area (Å²) < 4.78 is 39.1. The Labute approximate surface area is 133 Å². The van der Waals surface area contributed by atoms with E-state index in [-0.39, 0.29) is 16.4 Å². The summed E-state index contributed by atoms with van der Waals surface area (Å²) in [4.78, 5) is 20.0. The second kappa shape index (κ2) is 5.80. The number of aromatic carboxylic acids is 1. The molecule has 1 saturated heterocycles. The highest BCUT2D eigenvalue weighted by molar-refractivity contribution is 7.12. The molecule has 0 saturated carbocycles. The minimum Gasteiger partial charge on any atom is -0.477 e. The Kier molecular flexibility index (Phi) is 3.97. The number of alkyl halides is 3. The van der Waals surface area contributed by atoms with Gasteiger partial charge in [0.05, 0.1) is 5.69 Å². The highest BCUT2D eigenvalue weighted by atomic mass is 32.1. The Morgan fingerprint density at radius 2 is 1.91 bits per heavy atom. The maximum atomic E-state index is 13.0. The van der Waals surface area contributed by atoms with Crippen LogP contribution in [0.4, 0.5) is 19.0 Å². The molecule has 2 aromatic heterocycles. The number of thiophene rings is 1. The van der Waals surface area contributed by atoms with Crippen LogP contribution in [0.2, 0.25) is 0 Å². The van der Waals surface area contributed by atoms with Crippen LogP contribution in [-0.2, 0) is 6.18 Å². The Balaban J connectivity index is 2.07. The van der Waals surface area contributed by atoms with Crippen molar-refractivity contribution in [1.29, 1.82) is 0 Å². The molecule has 0 aliphatic carbocycles. The number of rotatable bonds is 3. The van der Waals surface area contributed by atoms with Gasteiger partial charge in [0.15, 0.2) is 0 Å². The lowest BCUT2D eigenvalue weighted by Crippen LogP contribution is -2.22. The van der Waals surface area contributed by atoms with Crippen molar-refractivity contribution in [2.24, 2.45) is 0 Å². The van der Waals surface area contributed by atoms with Gasteiger partial charge in [-0.2, -0.15) is 13.2 Å². The SMILES string of the molecule is O=C(O)c1cc(-c2cc(N3CCCC3)nc(C(F)(F)F)n2)cs1. The van der Waals surface area contributed by atoms with Crippen LogP contribution in [0.25, 0.3) is 11.3 Å². The van der Waals surface area contributed by atoms with Crippen LogP contribution in [-0.4, -0.2) is 34.1 Å². The van der Waals surface area contributed by atoms with Crippen LogP contribution in [0.3, 0.4) is 0 Å². The topological polar surface area (TPSA) is 66.3 Å². The first kappa shape index (κ1) is 15.7.